The van der Waals surface area contributed by atoms with Crippen LogP contribution in [0.25, 0.3) is 0 Å². The van der Waals surface area contributed by atoms with E-state index in [1.165, 1.54) is 0 Å². The van der Waals surface area contributed by atoms with Crippen molar-refractivity contribution < 1.29 is 4.79 Å². The van der Waals surface area contributed by atoms with Crippen LogP contribution >= 0.6 is 0 Å². The van der Waals surface area contributed by atoms with Gasteiger partial charge in [-0.05, 0) is 33.4 Å². The van der Waals surface area contributed by atoms with E-state index in [2.05, 4.69) is 36.0 Å². The van der Waals surface area contributed by atoms with Crippen molar-refractivity contribution >= 4 is 5.91 Å². The monoisotopic (exact) mass is 239 g/mol. The number of carbonyl (C=O) groups excluding carboxylic acids is 1. The molecule has 2 heterocycles. The minimum absolute atomic E-state index is 0.159. The van der Waals surface area contributed by atoms with E-state index in [9.17, 15) is 4.79 Å². The fourth-order valence-electron chi connectivity index (χ4n) is 2.95. The van der Waals surface area contributed by atoms with Gasteiger partial charge < -0.3 is 10.2 Å². The van der Waals surface area contributed by atoms with Crippen LogP contribution in [-0.4, -0.2) is 61.5 Å². The highest BCUT2D eigenvalue weighted by molar-refractivity contribution is 5.83. The summed E-state index contributed by atoms with van der Waals surface area (Å²) in [6.07, 6.45) is 2.10. The van der Waals surface area contributed by atoms with E-state index in [1.54, 1.807) is 0 Å². The van der Waals surface area contributed by atoms with Crippen molar-refractivity contribution in [2.45, 2.75) is 32.7 Å². The Balaban J connectivity index is 2.00. The summed E-state index contributed by atoms with van der Waals surface area (Å²) in [5, 5.41) is 3.31. The van der Waals surface area contributed by atoms with Crippen LogP contribution in [0.1, 0.15) is 26.7 Å². The van der Waals surface area contributed by atoms with E-state index in [1.807, 2.05) is 0 Å². The number of amides is 1. The van der Waals surface area contributed by atoms with Crippen molar-refractivity contribution in [2.75, 3.05) is 39.8 Å². The maximum Gasteiger partial charge on any atom is 0.229 e. The molecule has 4 nitrogen and oxygen atoms in total. The van der Waals surface area contributed by atoms with Crippen LogP contribution in [0.3, 0.4) is 0 Å². The van der Waals surface area contributed by atoms with Gasteiger partial charge in [-0.25, -0.2) is 0 Å². The molecule has 2 aliphatic rings. The third kappa shape index (κ3) is 2.47. The third-order valence-electron chi connectivity index (χ3n) is 4.42. The molecule has 0 spiro atoms. The van der Waals surface area contributed by atoms with Crippen LogP contribution < -0.4 is 5.32 Å². The molecular weight excluding hydrogens is 214 g/mol. The van der Waals surface area contributed by atoms with Crippen molar-refractivity contribution in [1.29, 1.82) is 0 Å². The van der Waals surface area contributed by atoms with Gasteiger partial charge in [0.1, 0.15) is 0 Å². The van der Waals surface area contributed by atoms with Crippen molar-refractivity contribution in [1.82, 2.24) is 15.1 Å². The summed E-state index contributed by atoms with van der Waals surface area (Å²) in [7, 11) is 2.16. The highest BCUT2D eigenvalue weighted by atomic mass is 16.2. The Morgan fingerprint density at radius 2 is 2.24 bits per heavy atom. The van der Waals surface area contributed by atoms with Gasteiger partial charge in [-0.3, -0.25) is 9.69 Å². The zero-order valence-corrected chi connectivity index (χ0v) is 11.3. The number of piperazine rings is 1. The lowest BCUT2D eigenvalue weighted by Gasteiger charge is -2.41. The first kappa shape index (κ1) is 12.8. The predicted octanol–water partition coefficient (Wildman–Crippen LogP) is 0.539. The van der Waals surface area contributed by atoms with E-state index >= 15 is 0 Å². The summed E-state index contributed by atoms with van der Waals surface area (Å²) in [5.74, 6) is 0.356. The largest absolute Gasteiger partial charge is 0.339 e. The lowest BCUT2D eigenvalue weighted by Crippen LogP contribution is -2.56. The number of carbonyl (C=O) groups is 1. The van der Waals surface area contributed by atoms with E-state index in [0.29, 0.717) is 11.9 Å². The maximum atomic E-state index is 12.6. The topological polar surface area (TPSA) is 35.6 Å². The van der Waals surface area contributed by atoms with E-state index in [-0.39, 0.29) is 5.41 Å². The lowest BCUT2D eigenvalue weighted by molar-refractivity contribution is -0.143. The Hall–Kier alpha value is -0.610. The maximum absolute atomic E-state index is 12.6. The SMILES string of the molecule is CCC1CN(C(=O)C2(C)CCNC2)CCN1C. The molecule has 0 bridgehead atoms. The van der Waals surface area contributed by atoms with Crippen molar-refractivity contribution in [3.05, 3.63) is 0 Å². The average Bonchev–Trinajstić information content (AvgIpc) is 2.77. The van der Waals surface area contributed by atoms with Gasteiger partial charge in [0.05, 0.1) is 5.41 Å². The zero-order chi connectivity index (χ0) is 12.5. The number of rotatable bonds is 2. The first-order valence-corrected chi connectivity index (χ1v) is 6.77. The number of nitrogens with one attached hydrogen (secondary N) is 1. The fraction of sp³-hybridized carbons (Fsp3) is 0.923. The van der Waals surface area contributed by atoms with E-state index in [0.717, 1.165) is 45.6 Å². The minimum atomic E-state index is -0.159. The van der Waals surface area contributed by atoms with Crippen LogP contribution in [0.4, 0.5) is 0 Å². The second kappa shape index (κ2) is 4.94. The second-order valence-electron chi connectivity index (χ2n) is 5.78. The zero-order valence-electron chi connectivity index (χ0n) is 11.3. The van der Waals surface area contributed by atoms with Crippen LogP contribution in [0.2, 0.25) is 0 Å². The quantitative estimate of drug-likeness (QED) is 0.764. The van der Waals surface area contributed by atoms with E-state index < -0.39 is 0 Å². The van der Waals surface area contributed by atoms with Gasteiger partial charge in [-0.15, -0.1) is 0 Å². The molecule has 2 saturated heterocycles. The molecule has 98 valence electrons. The first-order valence-electron chi connectivity index (χ1n) is 6.77. The summed E-state index contributed by atoms with van der Waals surface area (Å²) >= 11 is 0. The summed E-state index contributed by atoms with van der Waals surface area (Å²) in [4.78, 5) is 17.0. The van der Waals surface area contributed by atoms with Gasteiger partial charge in [0.25, 0.3) is 0 Å². The molecule has 17 heavy (non-hydrogen) atoms. The van der Waals surface area contributed by atoms with Gasteiger partial charge in [-0.1, -0.05) is 6.92 Å². The Bertz CT molecular complexity index is 286. The fourth-order valence-corrected chi connectivity index (χ4v) is 2.95. The molecule has 0 aromatic rings. The number of likely N-dealkylation sites (N-methyl/N-ethyl adjacent to an activating group) is 1. The molecule has 0 aromatic heterocycles. The number of hydrogen-bond donors (Lipinski definition) is 1. The van der Waals surface area contributed by atoms with E-state index in [4.69, 9.17) is 0 Å². The van der Waals surface area contributed by atoms with Crippen LogP contribution in [0, 0.1) is 5.41 Å². The highest BCUT2D eigenvalue weighted by Crippen LogP contribution is 2.28. The third-order valence-corrected chi connectivity index (χ3v) is 4.42. The molecule has 2 fully saturated rings. The van der Waals surface area contributed by atoms with Crippen molar-refractivity contribution in [3.8, 4) is 0 Å². The first-order chi connectivity index (χ1) is 8.07. The number of hydrogen-bond acceptors (Lipinski definition) is 3. The smallest absolute Gasteiger partial charge is 0.229 e. The Morgan fingerprint density at radius 3 is 2.82 bits per heavy atom. The van der Waals surface area contributed by atoms with Crippen molar-refractivity contribution in [3.63, 3.8) is 0 Å². The average molecular weight is 239 g/mol. The molecule has 1 N–H and O–H groups in total. The summed E-state index contributed by atoms with van der Waals surface area (Å²) < 4.78 is 0. The summed E-state index contributed by atoms with van der Waals surface area (Å²) in [5.41, 5.74) is -0.159. The summed E-state index contributed by atoms with van der Waals surface area (Å²) in [6, 6.07) is 0.533. The molecule has 1 amide bonds. The molecule has 0 saturated carbocycles. The molecule has 0 aliphatic carbocycles. The normalized spacial score (nSPS) is 35.2. The highest BCUT2D eigenvalue weighted by Gasteiger charge is 2.40. The molecule has 0 aromatic carbocycles. The van der Waals surface area contributed by atoms with Crippen LogP contribution in [0.5, 0.6) is 0 Å². The lowest BCUT2D eigenvalue weighted by atomic mass is 9.87. The minimum Gasteiger partial charge on any atom is -0.339 e. The van der Waals surface area contributed by atoms with Gasteiger partial charge >= 0.3 is 0 Å². The van der Waals surface area contributed by atoms with Gasteiger partial charge in [0.2, 0.25) is 5.91 Å². The summed E-state index contributed by atoms with van der Waals surface area (Å²) in [6.45, 7) is 8.93. The Morgan fingerprint density at radius 1 is 1.47 bits per heavy atom. The van der Waals surface area contributed by atoms with Gasteiger partial charge in [0, 0.05) is 32.2 Å². The Labute approximate surface area is 104 Å². The number of nitrogens with zero attached hydrogens (tertiary/aromatic N) is 2. The molecule has 4 heteroatoms. The van der Waals surface area contributed by atoms with Crippen LogP contribution in [-0.2, 0) is 4.79 Å². The van der Waals surface area contributed by atoms with Crippen LogP contribution in [0.15, 0.2) is 0 Å². The molecular formula is C13H25N3O. The van der Waals surface area contributed by atoms with Gasteiger partial charge in [0.15, 0.2) is 0 Å². The molecule has 0 radical (unpaired) electrons. The molecule has 2 rings (SSSR count). The molecule has 2 atom stereocenters. The molecule has 2 aliphatic heterocycles. The molecule has 2 unspecified atom stereocenters. The Kier molecular flexibility index (Phi) is 3.73. The van der Waals surface area contributed by atoms with Gasteiger partial charge in [-0.2, -0.15) is 0 Å². The standard InChI is InChI=1S/C13H25N3O/c1-4-11-9-16(8-7-15(11)3)12(17)13(2)5-6-14-10-13/h11,14H,4-10H2,1-3H3. The predicted molar refractivity (Wildman–Crippen MR) is 68.9 cm³/mol. The van der Waals surface area contributed by atoms with Crippen molar-refractivity contribution in [2.24, 2.45) is 5.41 Å². The second-order valence-corrected chi connectivity index (χ2v) is 5.78.